The number of hydrogen-bond donors (Lipinski definition) is 3. The summed E-state index contributed by atoms with van der Waals surface area (Å²) >= 11 is 5.71. The molecule has 0 atom stereocenters. The summed E-state index contributed by atoms with van der Waals surface area (Å²) in [6, 6.07) is 10.3. The van der Waals surface area contributed by atoms with E-state index in [-0.39, 0.29) is 4.90 Å². The van der Waals surface area contributed by atoms with Crippen molar-refractivity contribution in [2.75, 3.05) is 18.4 Å². The van der Waals surface area contributed by atoms with E-state index in [2.05, 4.69) is 15.6 Å². The Bertz CT molecular complexity index is 759. The molecule has 0 spiro atoms. The number of nitrogens with one attached hydrogen (secondary N) is 2. The number of halogens is 1. The van der Waals surface area contributed by atoms with E-state index in [0.717, 1.165) is 24.3 Å². The second-order valence-electron chi connectivity index (χ2n) is 5.83. The number of piperidine rings is 1. The van der Waals surface area contributed by atoms with E-state index < -0.39 is 10.1 Å². The maximum absolute atomic E-state index is 10.5. The third-order valence-electron chi connectivity index (χ3n) is 3.76. The predicted octanol–water partition coefficient (Wildman–Crippen LogP) is 3.14. The summed E-state index contributed by atoms with van der Waals surface area (Å²) in [4.78, 5) is 3.97. The second kappa shape index (κ2) is 9.15. The summed E-state index contributed by atoms with van der Waals surface area (Å²) < 4.78 is 29.6. The highest BCUT2D eigenvalue weighted by atomic mass is 35.5. The van der Waals surface area contributed by atoms with Gasteiger partial charge in [0.2, 0.25) is 0 Å². The van der Waals surface area contributed by atoms with Crippen molar-refractivity contribution in [1.82, 2.24) is 10.3 Å². The zero-order chi connectivity index (χ0) is 18.3. The zero-order valence-electron chi connectivity index (χ0n) is 13.9. The molecular weight excluding hydrogens is 362 g/mol. The van der Waals surface area contributed by atoms with E-state index in [9.17, 15) is 8.42 Å². The molecule has 1 aliphatic rings. The molecule has 0 saturated carbocycles. The Balaban J connectivity index is 0.000000186. The largest absolute Gasteiger partial charge is 0.381 e. The minimum absolute atomic E-state index is 0.0666. The maximum atomic E-state index is 10.5. The Hall–Kier alpha value is -1.67. The fourth-order valence-corrected chi connectivity index (χ4v) is 2.97. The van der Waals surface area contributed by atoms with Crippen LogP contribution in [0.2, 0.25) is 5.15 Å². The van der Waals surface area contributed by atoms with Crippen LogP contribution in [-0.2, 0) is 10.1 Å². The van der Waals surface area contributed by atoms with Crippen LogP contribution in [0.4, 0.5) is 5.69 Å². The molecule has 6 nitrogen and oxygen atoms in total. The normalized spacial score (nSPS) is 15.2. The minimum Gasteiger partial charge on any atom is -0.381 e. The molecule has 136 valence electrons. The minimum atomic E-state index is -4.02. The van der Waals surface area contributed by atoms with Gasteiger partial charge in [-0.15, -0.1) is 0 Å². The van der Waals surface area contributed by atoms with E-state index in [1.807, 2.05) is 19.1 Å². The number of nitrogens with zero attached hydrogens (tertiary/aromatic N) is 1. The van der Waals surface area contributed by atoms with Crippen LogP contribution in [0.5, 0.6) is 0 Å². The van der Waals surface area contributed by atoms with Gasteiger partial charge in [0, 0.05) is 6.04 Å². The molecule has 1 saturated heterocycles. The third kappa shape index (κ3) is 6.99. The highest BCUT2D eigenvalue weighted by molar-refractivity contribution is 7.85. The second-order valence-corrected chi connectivity index (χ2v) is 7.64. The van der Waals surface area contributed by atoms with Crippen molar-refractivity contribution < 1.29 is 13.0 Å². The maximum Gasteiger partial charge on any atom is 0.294 e. The summed E-state index contributed by atoms with van der Waals surface area (Å²) in [6.45, 7) is 4.03. The zero-order valence-corrected chi connectivity index (χ0v) is 15.5. The summed E-state index contributed by atoms with van der Waals surface area (Å²) in [5.41, 5.74) is 2.01. The quantitative estimate of drug-likeness (QED) is 0.557. The topological polar surface area (TPSA) is 91.3 Å². The molecule has 1 aromatic heterocycles. The van der Waals surface area contributed by atoms with E-state index in [0.29, 0.717) is 11.2 Å². The molecule has 25 heavy (non-hydrogen) atoms. The summed E-state index contributed by atoms with van der Waals surface area (Å²) in [5, 5.41) is 7.32. The molecule has 3 N–H and O–H groups in total. The number of hydrogen-bond acceptors (Lipinski definition) is 5. The molecule has 1 aromatic carbocycles. The van der Waals surface area contributed by atoms with E-state index in [4.69, 9.17) is 16.2 Å². The number of aryl methyl sites for hydroxylation is 1. The van der Waals surface area contributed by atoms with Gasteiger partial charge in [-0.1, -0.05) is 29.3 Å². The third-order valence-corrected chi connectivity index (χ3v) is 4.85. The SMILES string of the molecule is Cc1ccc(S(=O)(=O)O)cc1.Clc1ccc(NC2CCNCC2)cn1. The first kappa shape index (κ1) is 19.7. The summed E-state index contributed by atoms with van der Waals surface area (Å²) in [6.07, 6.45) is 4.12. The monoisotopic (exact) mass is 383 g/mol. The Morgan fingerprint density at radius 2 is 1.80 bits per heavy atom. The number of pyridine rings is 1. The molecular formula is C17H22ClN3O3S. The van der Waals surface area contributed by atoms with Gasteiger partial charge in [-0.05, 0) is 57.1 Å². The van der Waals surface area contributed by atoms with Crippen LogP contribution in [0.1, 0.15) is 18.4 Å². The van der Waals surface area contributed by atoms with Crippen LogP contribution >= 0.6 is 11.6 Å². The van der Waals surface area contributed by atoms with Crippen molar-refractivity contribution in [1.29, 1.82) is 0 Å². The average Bonchev–Trinajstić information content (AvgIpc) is 2.58. The Kier molecular flexibility index (Phi) is 7.19. The van der Waals surface area contributed by atoms with E-state index in [1.54, 1.807) is 18.3 Å². The van der Waals surface area contributed by atoms with Crippen molar-refractivity contribution >= 4 is 27.4 Å². The lowest BCUT2D eigenvalue weighted by molar-refractivity contribution is 0.479. The van der Waals surface area contributed by atoms with Crippen molar-refractivity contribution in [3.63, 3.8) is 0 Å². The van der Waals surface area contributed by atoms with Gasteiger partial charge in [0.15, 0.2) is 0 Å². The molecule has 0 bridgehead atoms. The Morgan fingerprint density at radius 1 is 1.16 bits per heavy atom. The van der Waals surface area contributed by atoms with E-state index in [1.165, 1.54) is 25.0 Å². The molecule has 8 heteroatoms. The first-order valence-corrected chi connectivity index (χ1v) is 9.79. The van der Waals surface area contributed by atoms with Gasteiger partial charge in [0.25, 0.3) is 10.1 Å². The fraction of sp³-hybridized carbons (Fsp3) is 0.353. The number of rotatable bonds is 3. The van der Waals surface area contributed by atoms with Gasteiger partial charge in [0.05, 0.1) is 16.8 Å². The standard InChI is InChI=1S/C10H14ClN3.C7H8O3S/c11-10-2-1-9(7-13-10)14-8-3-5-12-6-4-8;1-6-2-4-7(5-3-6)11(8,9)10/h1-2,7-8,12,14H,3-6H2;2-5H,1H3,(H,8,9,10). The lowest BCUT2D eigenvalue weighted by Gasteiger charge is -2.24. The molecule has 0 amide bonds. The Labute approximate surface area is 153 Å². The van der Waals surface area contributed by atoms with Gasteiger partial charge >= 0.3 is 0 Å². The highest BCUT2D eigenvalue weighted by Crippen LogP contribution is 2.14. The first-order chi connectivity index (χ1) is 11.8. The van der Waals surface area contributed by atoms with Gasteiger partial charge in [-0.3, -0.25) is 4.55 Å². The van der Waals surface area contributed by atoms with Crippen LogP contribution in [0.3, 0.4) is 0 Å². The van der Waals surface area contributed by atoms with Crippen molar-refractivity contribution in [3.8, 4) is 0 Å². The lowest BCUT2D eigenvalue weighted by atomic mass is 10.1. The summed E-state index contributed by atoms with van der Waals surface area (Å²) in [5.74, 6) is 0. The number of aromatic nitrogens is 1. The molecule has 1 fully saturated rings. The average molecular weight is 384 g/mol. The van der Waals surface area contributed by atoms with Crippen molar-refractivity contribution in [2.45, 2.75) is 30.7 Å². The molecule has 0 radical (unpaired) electrons. The molecule has 2 aromatic rings. The molecule has 2 heterocycles. The van der Waals surface area contributed by atoms with Crippen LogP contribution < -0.4 is 10.6 Å². The van der Waals surface area contributed by atoms with Crippen LogP contribution in [0.15, 0.2) is 47.5 Å². The van der Waals surface area contributed by atoms with Crippen LogP contribution in [0.25, 0.3) is 0 Å². The van der Waals surface area contributed by atoms with Gasteiger partial charge in [-0.2, -0.15) is 8.42 Å². The number of anilines is 1. The molecule has 0 aliphatic carbocycles. The smallest absolute Gasteiger partial charge is 0.294 e. The molecule has 1 aliphatic heterocycles. The lowest BCUT2D eigenvalue weighted by Crippen LogP contribution is -2.35. The van der Waals surface area contributed by atoms with Crippen LogP contribution in [-0.4, -0.2) is 37.1 Å². The van der Waals surface area contributed by atoms with Gasteiger partial charge in [-0.25, -0.2) is 4.98 Å². The van der Waals surface area contributed by atoms with Crippen molar-refractivity contribution in [3.05, 3.63) is 53.3 Å². The van der Waals surface area contributed by atoms with E-state index >= 15 is 0 Å². The number of benzene rings is 1. The Morgan fingerprint density at radius 3 is 2.32 bits per heavy atom. The van der Waals surface area contributed by atoms with Gasteiger partial charge in [0.1, 0.15) is 5.15 Å². The first-order valence-electron chi connectivity index (χ1n) is 7.97. The fourth-order valence-electron chi connectivity index (χ4n) is 2.37. The predicted molar refractivity (Wildman–Crippen MR) is 99.8 cm³/mol. The molecule has 0 unspecified atom stereocenters. The summed E-state index contributed by atoms with van der Waals surface area (Å²) in [7, 11) is -4.02. The highest BCUT2D eigenvalue weighted by Gasteiger charge is 2.12. The van der Waals surface area contributed by atoms with Gasteiger partial charge < -0.3 is 10.6 Å². The van der Waals surface area contributed by atoms with Crippen LogP contribution in [0, 0.1) is 6.92 Å². The van der Waals surface area contributed by atoms with Crippen molar-refractivity contribution in [2.24, 2.45) is 0 Å². The molecule has 3 rings (SSSR count).